The third kappa shape index (κ3) is 3.36. The van der Waals surface area contributed by atoms with Crippen LogP contribution in [-0.2, 0) is 9.53 Å². The van der Waals surface area contributed by atoms with E-state index in [0.29, 0.717) is 42.2 Å². The first-order valence-corrected chi connectivity index (χ1v) is 8.29. The number of allylic oxidation sites excluding steroid dienone is 3. The fourth-order valence-corrected chi connectivity index (χ4v) is 3.51. The summed E-state index contributed by atoms with van der Waals surface area (Å²) in [5.41, 5.74) is 7.87. The van der Waals surface area contributed by atoms with E-state index in [2.05, 4.69) is 30.2 Å². The molecule has 7 nitrogen and oxygen atoms in total. The molecule has 1 aliphatic heterocycles. The van der Waals surface area contributed by atoms with Crippen LogP contribution in [0.1, 0.15) is 38.4 Å². The molecule has 0 fully saturated rings. The summed E-state index contributed by atoms with van der Waals surface area (Å²) >= 11 is 0. The molecule has 1 aromatic heterocycles. The van der Waals surface area contributed by atoms with Gasteiger partial charge >= 0.3 is 0 Å². The van der Waals surface area contributed by atoms with Gasteiger partial charge < -0.3 is 20.2 Å². The average Bonchev–Trinajstić information content (AvgIpc) is 3.06. The number of nitrogens with one attached hydrogen (secondary N) is 1. The van der Waals surface area contributed by atoms with Gasteiger partial charge in [0, 0.05) is 24.2 Å². The van der Waals surface area contributed by atoms with Crippen LogP contribution >= 0.6 is 0 Å². The van der Waals surface area contributed by atoms with Gasteiger partial charge in [0.15, 0.2) is 12.2 Å². The summed E-state index contributed by atoms with van der Waals surface area (Å²) in [4.78, 5) is 16.8. The van der Waals surface area contributed by atoms with E-state index in [9.17, 15) is 10.1 Å². The molecule has 0 aromatic carbocycles. The van der Waals surface area contributed by atoms with Crippen molar-refractivity contribution in [3.8, 4) is 6.07 Å². The highest BCUT2D eigenvalue weighted by Crippen LogP contribution is 2.46. The molecule has 1 aromatic rings. The zero-order chi connectivity index (χ0) is 18.0. The highest BCUT2D eigenvalue weighted by Gasteiger charge is 2.42. The number of hydrogen-bond acceptors (Lipinski definition) is 7. The average molecular weight is 342 g/mol. The van der Waals surface area contributed by atoms with Crippen molar-refractivity contribution in [3.63, 3.8) is 0 Å². The summed E-state index contributed by atoms with van der Waals surface area (Å²) in [7, 11) is 0. The molecule has 0 amide bonds. The highest BCUT2D eigenvalue weighted by atomic mass is 16.5. The minimum Gasteiger partial charge on any atom is -0.447 e. The van der Waals surface area contributed by atoms with E-state index in [0.717, 1.165) is 12.1 Å². The van der Waals surface area contributed by atoms with Crippen LogP contribution in [0, 0.1) is 16.7 Å². The summed E-state index contributed by atoms with van der Waals surface area (Å²) < 4.78 is 11.0. The molecule has 3 rings (SSSR count). The molecular formula is C18H22N4O3. The molecular weight excluding hydrogens is 320 g/mol. The predicted octanol–water partition coefficient (Wildman–Crippen LogP) is 1.76. The fourth-order valence-electron chi connectivity index (χ4n) is 3.51. The van der Waals surface area contributed by atoms with E-state index in [4.69, 9.17) is 14.9 Å². The van der Waals surface area contributed by atoms with Crippen LogP contribution in [0.3, 0.4) is 0 Å². The van der Waals surface area contributed by atoms with Crippen LogP contribution in [-0.4, -0.2) is 30.5 Å². The zero-order valence-corrected chi connectivity index (χ0v) is 14.5. The minimum absolute atomic E-state index is 0.0369. The number of ether oxygens (including phenoxy) is 1. The molecule has 132 valence electrons. The quantitative estimate of drug-likeness (QED) is 0.784. The number of nitrogens with two attached hydrogens (primary N) is 1. The molecule has 2 aliphatic rings. The van der Waals surface area contributed by atoms with Gasteiger partial charge in [0.1, 0.15) is 5.76 Å². The number of carbonyl (C=O) groups excluding carboxylic acids is 1. The number of nitriles is 1. The first-order chi connectivity index (χ1) is 12.0. The maximum Gasteiger partial charge on any atom is 0.180 e. The Labute approximate surface area is 146 Å². The number of Topliss-reactive ketones (excluding diaryl/α,β-unsaturated/α-hetero) is 1. The summed E-state index contributed by atoms with van der Waals surface area (Å²) in [6.07, 6.45) is 4.03. The lowest BCUT2D eigenvalue weighted by molar-refractivity contribution is -0.118. The number of hydrogen-bond donors (Lipinski definition) is 2. The van der Waals surface area contributed by atoms with E-state index in [-0.39, 0.29) is 17.8 Å². The first-order valence-electron chi connectivity index (χ1n) is 8.29. The largest absolute Gasteiger partial charge is 0.447 e. The Kier molecular flexibility index (Phi) is 4.75. The maximum atomic E-state index is 12.8. The smallest absolute Gasteiger partial charge is 0.180 e. The van der Waals surface area contributed by atoms with E-state index >= 15 is 0 Å². The topological polar surface area (TPSA) is 114 Å². The lowest BCUT2D eigenvalue weighted by Crippen LogP contribution is -2.38. The normalized spacial score (nSPS) is 22.5. The molecule has 0 saturated heterocycles. The second kappa shape index (κ2) is 6.82. The lowest BCUT2D eigenvalue weighted by atomic mass is 9.70. The van der Waals surface area contributed by atoms with Gasteiger partial charge in [-0.2, -0.15) is 5.26 Å². The Bertz CT molecular complexity index is 769. The molecule has 1 aliphatic carbocycles. The maximum absolute atomic E-state index is 12.8. The molecule has 25 heavy (non-hydrogen) atoms. The van der Waals surface area contributed by atoms with Crippen LogP contribution in [0.15, 0.2) is 39.5 Å². The Balaban J connectivity index is 2.06. The van der Waals surface area contributed by atoms with Gasteiger partial charge in [0.05, 0.1) is 42.7 Å². The van der Waals surface area contributed by atoms with Crippen molar-refractivity contribution in [2.75, 3.05) is 19.8 Å². The molecule has 2 heterocycles. The van der Waals surface area contributed by atoms with Gasteiger partial charge in [-0.1, -0.05) is 13.8 Å². The molecule has 0 spiro atoms. The van der Waals surface area contributed by atoms with Crippen molar-refractivity contribution in [2.45, 2.75) is 32.6 Å². The Morgan fingerprint density at radius 1 is 1.52 bits per heavy atom. The second-order valence-electron chi connectivity index (χ2n) is 7.14. The molecule has 0 saturated carbocycles. The molecule has 7 heteroatoms. The molecule has 0 bridgehead atoms. The van der Waals surface area contributed by atoms with Crippen molar-refractivity contribution in [1.82, 2.24) is 10.3 Å². The number of oxazole rings is 1. The van der Waals surface area contributed by atoms with Crippen molar-refractivity contribution in [1.29, 1.82) is 5.26 Å². The fraction of sp³-hybridized carbons (Fsp3) is 0.500. The van der Waals surface area contributed by atoms with Crippen molar-refractivity contribution < 1.29 is 13.9 Å². The number of carbonyl (C=O) groups is 1. The first kappa shape index (κ1) is 17.4. The van der Waals surface area contributed by atoms with Gasteiger partial charge in [-0.3, -0.25) is 4.79 Å². The van der Waals surface area contributed by atoms with Crippen LogP contribution < -0.4 is 11.1 Å². The SMILES string of the molecule is CC1(C)CC(=O)C2=C(C1)NC(COCCN)=C(C#N)C2c1cnco1. The van der Waals surface area contributed by atoms with Crippen LogP contribution in [0.25, 0.3) is 0 Å². The van der Waals surface area contributed by atoms with Crippen LogP contribution in [0.5, 0.6) is 0 Å². The number of ketones is 1. The van der Waals surface area contributed by atoms with Gasteiger partial charge in [-0.15, -0.1) is 0 Å². The molecule has 1 unspecified atom stereocenters. The van der Waals surface area contributed by atoms with Crippen molar-refractivity contribution in [3.05, 3.63) is 40.9 Å². The van der Waals surface area contributed by atoms with Gasteiger partial charge in [0.25, 0.3) is 0 Å². The Morgan fingerprint density at radius 2 is 2.32 bits per heavy atom. The predicted molar refractivity (Wildman–Crippen MR) is 89.9 cm³/mol. The Hall–Kier alpha value is -2.43. The van der Waals surface area contributed by atoms with Crippen molar-refractivity contribution in [2.24, 2.45) is 11.1 Å². The van der Waals surface area contributed by atoms with Crippen LogP contribution in [0.2, 0.25) is 0 Å². The van der Waals surface area contributed by atoms with E-state index in [1.54, 1.807) is 6.20 Å². The molecule has 1 atom stereocenters. The summed E-state index contributed by atoms with van der Waals surface area (Å²) in [5.74, 6) is -0.00594. The van der Waals surface area contributed by atoms with Crippen molar-refractivity contribution >= 4 is 5.78 Å². The lowest BCUT2D eigenvalue weighted by Gasteiger charge is -2.38. The monoisotopic (exact) mass is 342 g/mol. The third-order valence-electron chi connectivity index (χ3n) is 4.49. The second-order valence-corrected chi connectivity index (χ2v) is 7.14. The number of aromatic nitrogens is 1. The van der Waals surface area contributed by atoms with E-state index in [1.807, 2.05) is 0 Å². The highest BCUT2D eigenvalue weighted by molar-refractivity contribution is 6.00. The number of nitrogens with zero attached hydrogens (tertiary/aromatic N) is 2. The minimum atomic E-state index is -0.538. The summed E-state index contributed by atoms with van der Waals surface area (Å²) in [5, 5.41) is 13.0. The number of dihydropyridines is 1. The summed E-state index contributed by atoms with van der Waals surface area (Å²) in [6, 6.07) is 2.23. The molecule has 0 radical (unpaired) electrons. The standard InChI is InChI=1S/C18H22N4O3/c1-18(2)5-12-17(14(23)6-18)16(15-8-21-10-25-15)11(7-20)13(22-12)9-24-4-3-19/h8,10,16,22H,3-6,9,19H2,1-2H3. The van der Waals surface area contributed by atoms with Gasteiger partial charge in [0.2, 0.25) is 0 Å². The zero-order valence-electron chi connectivity index (χ0n) is 14.5. The van der Waals surface area contributed by atoms with E-state index < -0.39 is 5.92 Å². The molecule has 3 N–H and O–H groups in total. The summed E-state index contributed by atoms with van der Waals surface area (Å²) in [6.45, 7) is 5.16. The van der Waals surface area contributed by atoms with E-state index in [1.165, 1.54) is 6.39 Å². The van der Waals surface area contributed by atoms with Gasteiger partial charge in [-0.25, -0.2) is 4.98 Å². The number of rotatable bonds is 5. The van der Waals surface area contributed by atoms with Gasteiger partial charge in [-0.05, 0) is 11.8 Å². The van der Waals surface area contributed by atoms with Crippen LogP contribution in [0.4, 0.5) is 0 Å². The third-order valence-corrected chi connectivity index (χ3v) is 4.49. The Morgan fingerprint density at radius 3 is 2.96 bits per heavy atom.